The molecule has 7 nitrogen and oxygen atoms in total. The molecule has 0 saturated carbocycles. The third-order valence-corrected chi connectivity index (χ3v) is 5.64. The first-order valence-electron chi connectivity index (χ1n) is 11.6. The Hall–Kier alpha value is -3.97. The summed E-state index contributed by atoms with van der Waals surface area (Å²) in [5.41, 5.74) is 5.02. The highest BCUT2D eigenvalue weighted by molar-refractivity contribution is 5.95. The van der Waals surface area contributed by atoms with E-state index in [1.165, 1.54) is 0 Å². The van der Waals surface area contributed by atoms with Crippen LogP contribution < -0.4 is 14.8 Å². The lowest BCUT2D eigenvalue weighted by Gasteiger charge is -2.12. The number of carbonyl (C=O) groups excluding carboxylic acids is 1. The molecule has 4 rings (SSSR count). The second-order valence-electron chi connectivity index (χ2n) is 8.53. The van der Waals surface area contributed by atoms with Crippen LogP contribution in [0.1, 0.15) is 22.3 Å². The first-order valence-corrected chi connectivity index (χ1v) is 11.6. The van der Waals surface area contributed by atoms with Gasteiger partial charge in [0.15, 0.2) is 0 Å². The van der Waals surface area contributed by atoms with Gasteiger partial charge in [-0.15, -0.1) is 0 Å². The summed E-state index contributed by atoms with van der Waals surface area (Å²) in [6, 6.07) is 19.3. The number of nitrogens with one attached hydrogen (secondary N) is 1. The summed E-state index contributed by atoms with van der Waals surface area (Å²) in [6.45, 7) is 1.98. The molecule has 0 spiro atoms. The predicted octanol–water partition coefficient (Wildman–Crippen LogP) is 4.57. The smallest absolute Gasteiger partial charge is 0.251 e. The summed E-state index contributed by atoms with van der Waals surface area (Å²) in [5, 5.41) is 2.97. The Bertz CT molecular complexity index is 1270. The number of aromatic nitrogens is 2. The minimum absolute atomic E-state index is 0.0665. The van der Waals surface area contributed by atoms with Gasteiger partial charge in [0, 0.05) is 24.5 Å². The van der Waals surface area contributed by atoms with Crippen LogP contribution in [0.5, 0.6) is 11.5 Å². The van der Waals surface area contributed by atoms with Crippen LogP contribution in [0.25, 0.3) is 22.2 Å². The number of amides is 1. The monoisotopic (exact) mass is 470 g/mol. The van der Waals surface area contributed by atoms with E-state index in [4.69, 9.17) is 9.47 Å². The van der Waals surface area contributed by atoms with E-state index >= 15 is 0 Å². The third kappa shape index (κ3) is 6.33. The number of methoxy groups -OCH3 is 1. The van der Waals surface area contributed by atoms with Crippen LogP contribution in [0.2, 0.25) is 0 Å². The predicted molar refractivity (Wildman–Crippen MR) is 138 cm³/mol. The summed E-state index contributed by atoms with van der Waals surface area (Å²) >= 11 is 0. The second-order valence-corrected chi connectivity index (χ2v) is 8.53. The quantitative estimate of drug-likeness (QED) is 0.342. The zero-order chi connectivity index (χ0) is 24.6. The Kier molecular flexibility index (Phi) is 7.90. The number of rotatable bonds is 10. The lowest BCUT2D eigenvalue weighted by atomic mass is 10.0. The van der Waals surface area contributed by atoms with Gasteiger partial charge >= 0.3 is 0 Å². The zero-order valence-electron chi connectivity index (χ0n) is 20.3. The van der Waals surface area contributed by atoms with E-state index in [9.17, 15) is 4.79 Å². The number of carbonyl (C=O) groups is 1. The van der Waals surface area contributed by atoms with Gasteiger partial charge in [-0.05, 0) is 80.1 Å². The summed E-state index contributed by atoms with van der Waals surface area (Å²) in [4.78, 5) is 23.5. The molecule has 35 heavy (non-hydrogen) atoms. The molecule has 4 aromatic rings. The van der Waals surface area contributed by atoms with Crippen molar-refractivity contribution < 1.29 is 14.3 Å². The number of benzene rings is 3. The van der Waals surface area contributed by atoms with Crippen molar-refractivity contribution in [3.63, 3.8) is 0 Å². The Morgan fingerprint density at radius 2 is 1.69 bits per heavy atom. The van der Waals surface area contributed by atoms with Gasteiger partial charge in [-0.25, -0.2) is 4.98 Å². The molecule has 1 amide bonds. The van der Waals surface area contributed by atoms with E-state index in [1.807, 2.05) is 74.8 Å². The van der Waals surface area contributed by atoms with Crippen LogP contribution in [0.15, 0.2) is 73.1 Å². The Labute approximate surface area is 205 Å². The maximum Gasteiger partial charge on any atom is 0.251 e. The number of nitrogens with zero attached hydrogens (tertiary/aromatic N) is 3. The van der Waals surface area contributed by atoms with E-state index < -0.39 is 0 Å². The molecule has 0 fully saturated rings. The maximum atomic E-state index is 12.5. The summed E-state index contributed by atoms with van der Waals surface area (Å²) < 4.78 is 11.4. The van der Waals surface area contributed by atoms with Crippen LogP contribution in [0.4, 0.5) is 0 Å². The summed E-state index contributed by atoms with van der Waals surface area (Å²) in [7, 11) is 5.69. The molecule has 1 N–H and O–H groups in total. The standard InChI is InChI=1S/C28H30N4O3/c1-32(2)16-4-13-31-28(33)22-9-7-21(8-10-22)23-17-25-27(30-15-14-29-25)26(18-23)35-19-20-5-11-24(34-3)12-6-20/h5-12,14-15,17-18H,4,13,16,19H2,1-3H3,(H,31,33). The van der Waals surface area contributed by atoms with E-state index in [1.54, 1.807) is 19.5 Å². The first-order chi connectivity index (χ1) is 17.0. The minimum Gasteiger partial charge on any atom is -0.497 e. The molecule has 1 aromatic heterocycles. The SMILES string of the molecule is COc1ccc(COc2cc(-c3ccc(C(=O)NCCCN(C)C)cc3)cc3nccnc23)cc1. The molecule has 0 unspecified atom stereocenters. The lowest BCUT2D eigenvalue weighted by molar-refractivity contribution is 0.0952. The largest absolute Gasteiger partial charge is 0.497 e. The van der Waals surface area contributed by atoms with Gasteiger partial charge in [-0.1, -0.05) is 24.3 Å². The molecule has 0 saturated heterocycles. The molecular formula is C28H30N4O3. The fraction of sp³-hybridized carbons (Fsp3) is 0.250. The lowest BCUT2D eigenvalue weighted by Crippen LogP contribution is -2.27. The van der Waals surface area contributed by atoms with Crippen molar-refractivity contribution in [2.24, 2.45) is 0 Å². The molecule has 7 heteroatoms. The van der Waals surface area contributed by atoms with Gasteiger partial charge < -0.3 is 19.7 Å². The number of fused-ring (bicyclic) bond motifs is 1. The molecule has 0 aliphatic heterocycles. The number of hydrogen-bond acceptors (Lipinski definition) is 6. The van der Waals surface area contributed by atoms with Crippen molar-refractivity contribution in [3.8, 4) is 22.6 Å². The summed E-state index contributed by atoms with van der Waals surface area (Å²) in [6.07, 6.45) is 4.24. The highest BCUT2D eigenvalue weighted by atomic mass is 16.5. The molecule has 0 atom stereocenters. The van der Waals surface area contributed by atoms with Crippen LogP contribution in [-0.4, -0.2) is 55.1 Å². The van der Waals surface area contributed by atoms with Crippen molar-refractivity contribution in [1.29, 1.82) is 0 Å². The molecule has 0 aliphatic rings. The highest BCUT2D eigenvalue weighted by Crippen LogP contribution is 2.31. The van der Waals surface area contributed by atoms with Crippen molar-refractivity contribution in [1.82, 2.24) is 20.2 Å². The number of ether oxygens (including phenoxy) is 2. The average Bonchev–Trinajstić information content (AvgIpc) is 2.89. The van der Waals surface area contributed by atoms with E-state index in [0.29, 0.717) is 30.0 Å². The van der Waals surface area contributed by atoms with Crippen LogP contribution in [0, 0.1) is 0 Å². The van der Waals surface area contributed by atoms with Gasteiger partial charge in [0.2, 0.25) is 0 Å². The van der Waals surface area contributed by atoms with E-state index in [-0.39, 0.29) is 5.91 Å². The average molecular weight is 471 g/mol. The Balaban J connectivity index is 1.51. The third-order valence-electron chi connectivity index (χ3n) is 5.64. The molecule has 0 aliphatic carbocycles. The van der Waals surface area contributed by atoms with Gasteiger partial charge in [0.05, 0.1) is 12.6 Å². The fourth-order valence-corrected chi connectivity index (χ4v) is 3.72. The van der Waals surface area contributed by atoms with Crippen molar-refractivity contribution in [3.05, 3.63) is 84.2 Å². The molecule has 180 valence electrons. The van der Waals surface area contributed by atoms with Crippen LogP contribution >= 0.6 is 0 Å². The molecule has 3 aromatic carbocycles. The first kappa shape index (κ1) is 24.2. The molecule has 1 heterocycles. The van der Waals surface area contributed by atoms with Gasteiger partial charge in [0.1, 0.15) is 23.6 Å². The van der Waals surface area contributed by atoms with E-state index in [0.717, 1.165) is 40.9 Å². The summed E-state index contributed by atoms with van der Waals surface area (Å²) in [5.74, 6) is 1.39. The topological polar surface area (TPSA) is 76.6 Å². The van der Waals surface area contributed by atoms with Gasteiger partial charge in [-0.3, -0.25) is 9.78 Å². The van der Waals surface area contributed by atoms with Crippen LogP contribution in [0.3, 0.4) is 0 Å². The number of hydrogen-bond donors (Lipinski definition) is 1. The normalized spacial score (nSPS) is 11.0. The van der Waals surface area contributed by atoms with E-state index in [2.05, 4.69) is 20.2 Å². The molecule has 0 bridgehead atoms. The minimum atomic E-state index is -0.0665. The maximum absolute atomic E-state index is 12.5. The van der Waals surface area contributed by atoms with Gasteiger partial charge in [0.25, 0.3) is 5.91 Å². The Morgan fingerprint density at radius 3 is 2.40 bits per heavy atom. The van der Waals surface area contributed by atoms with Crippen molar-refractivity contribution in [2.45, 2.75) is 13.0 Å². The van der Waals surface area contributed by atoms with Crippen LogP contribution in [-0.2, 0) is 6.61 Å². The Morgan fingerprint density at radius 1 is 0.943 bits per heavy atom. The fourth-order valence-electron chi connectivity index (χ4n) is 3.72. The highest BCUT2D eigenvalue weighted by Gasteiger charge is 2.11. The van der Waals surface area contributed by atoms with Gasteiger partial charge in [-0.2, -0.15) is 0 Å². The molecule has 0 radical (unpaired) electrons. The zero-order valence-corrected chi connectivity index (χ0v) is 20.3. The van der Waals surface area contributed by atoms with Crippen molar-refractivity contribution in [2.75, 3.05) is 34.3 Å². The second kappa shape index (κ2) is 11.4. The molecular weight excluding hydrogens is 440 g/mol. The van der Waals surface area contributed by atoms with Crippen molar-refractivity contribution >= 4 is 16.9 Å².